The molecule has 0 aliphatic carbocycles. The van der Waals surface area contributed by atoms with Crippen molar-refractivity contribution in [1.82, 2.24) is 4.83 Å². The minimum atomic E-state index is -4.46. The molecule has 0 spiro atoms. The second kappa shape index (κ2) is 6.18. The van der Waals surface area contributed by atoms with Crippen molar-refractivity contribution in [1.29, 1.82) is 0 Å². The lowest BCUT2D eigenvalue weighted by molar-refractivity contribution is -0.137. The van der Waals surface area contributed by atoms with E-state index in [1.54, 1.807) is 18.2 Å². The number of hydrazone groups is 1. The lowest BCUT2D eigenvalue weighted by Crippen LogP contribution is -2.18. The molecule has 0 unspecified atom stereocenters. The van der Waals surface area contributed by atoms with Gasteiger partial charge in [0.2, 0.25) is 0 Å². The van der Waals surface area contributed by atoms with Crippen LogP contribution in [0, 0.1) is 0 Å². The summed E-state index contributed by atoms with van der Waals surface area (Å²) in [6, 6.07) is 11.9. The van der Waals surface area contributed by atoms with Crippen molar-refractivity contribution in [2.75, 3.05) is 0 Å². The average Bonchev–Trinajstić information content (AvgIpc) is 2.47. The van der Waals surface area contributed by atoms with Crippen molar-refractivity contribution in [3.05, 3.63) is 65.7 Å². The maximum atomic E-state index is 12.5. The van der Waals surface area contributed by atoms with Crippen LogP contribution < -0.4 is 4.83 Å². The minimum absolute atomic E-state index is 0.0104. The third kappa shape index (κ3) is 4.08. The molecule has 8 heteroatoms. The van der Waals surface area contributed by atoms with E-state index in [-0.39, 0.29) is 10.5 Å². The largest absolute Gasteiger partial charge is 0.416 e. The van der Waals surface area contributed by atoms with E-state index in [4.69, 9.17) is 0 Å². The van der Waals surface area contributed by atoms with Crippen molar-refractivity contribution >= 4 is 16.2 Å². The summed E-state index contributed by atoms with van der Waals surface area (Å²) in [7, 11) is -3.84. The van der Waals surface area contributed by atoms with E-state index in [1.165, 1.54) is 24.3 Å². The molecule has 0 fully saturated rings. The van der Waals surface area contributed by atoms with Crippen LogP contribution in [-0.2, 0) is 16.2 Å². The van der Waals surface area contributed by atoms with Crippen LogP contribution in [0.5, 0.6) is 0 Å². The predicted molar refractivity (Wildman–Crippen MR) is 75.8 cm³/mol. The Hall–Kier alpha value is -2.35. The Morgan fingerprint density at radius 1 is 1.00 bits per heavy atom. The molecule has 116 valence electrons. The van der Waals surface area contributed by atoms with Crippen molar-refractivity contribution in [2.24, 2.45) is 5.10 Å². The van der Waals surface area contributed by atoms with Gasteiger partial charge in [-0.15, -0.1) is 0 Å². The SMILES string of the molecule is O=S(=O)(N/N=C\c1cccc(C(F)(F)F)c1)c1ccccc1. The number of benzene rings is 2. The monoisotopic (exact) mass is 328 g/mol. The lowest BCUT2D eigenvalue weighted by Gasteiger charge is -2.06. The smallest absolute Gasteiger partial charge is 0.200 e. The molecule has 0 saturated heterocycles. The number of halogens is 3. The fourth-order valence-electron chi connectivity index (χ4n) is 1.62. The molecule has 0 atom stereocenters. The van der Waals surface area contributed by atoms with E-state index in [0.29, 0.717) is 0 Å². The van der Waals surface area contributed by atoms with E-state index in [2.05, 4.69) is 5.10 Å². The van der Waals surface area contributed by atoms with Crippen LogP contribution >= 0.6 is 0 Å². The second-order valence-corrected chi connectivity index (χ2v) is 5.95. The number of nitrogens with one attached hydrogen (secondary N) is 1. The second-order valence-electron chi connectivity index (χ2n) is 4.29. The predicted octanol–water partition coefficient (Wildman–Crippen LogP) is 3.02. The van der Waals surface area contributed by atoms with Crippen LogP contribution in [0.2, 0.25) is 0 Å². The zero-order valence-electron chi connectivity index (χ0n) is 11.1. The summed E-state index contributed by atoms with van der Waals surface area (Å²) in [5.74, 6) is 0. The number of rotatable bonds is 4. The molecule has 0 aliphatic heterocycles. The van der Waals surface area contributed by atoms with Crippen LogP contribution in [0.3, 0.4) is 0 Å². The van der Waals surface area contributed by atoms with Gasteiger partial charge in [-0.25, -0.2) is 4.83 Å². The van der Waals surface area contributed by atoms with E-state index < -0.39 is 21.8 Å². The molecular formula is C14H11F3N2O2S. The first-order valence-corrected chi connectivity index (χ1v) is 7.54. The number of sulfonamides is 1. The molecule has 2 aromatic rings. The van der Waals surface area contributed by atoms with Crippen LogP contribution in [0.4, 0.5) is 13.2 Å². The highest BCUT2D eigenvalue weighted by atomic mass is 32.2. The van der Waals surface area contributed by atoms with Gasteiger partial charge in [0.25, 0.3) is 10.0 Å². The Labute approximate surface area is 125 Å². The molecule has 0 radical (unpaired) electrons. The zero-order chi connectivity index (χ0) is 16.2. The van der Waals surface area contributed by atoms with Gasteiger partial charge in [-0.3, -0.25) is 0 Å². The molecule has 2 aromatic carbocycles. The Balaban J connectivity index is 2.14. The number of alkyl halides is 3. The van der Waals surface area contributed by atoms with E-state index >= 15 is 0 Å². The first-order valence-electron chi connectivity index (χ1n) is 6.06. The quantitative estimate of drug-likeness (QED) is 0.693. The Morgan fingerprint density at radius 2 is 1.68 bits per heavy atom. The third-order valence-electron chi connectivity index (χ3n) is 2.65. The van der Waals surface area contributed by atoms with Gasteiger partial charge in [-0.2, -0.15) is 26.7 Å². The van der Waals surface area contributed by atoms with Crippen molar-refractivity contribution in [2.45, 2.75) is 11.1 Å². The summed E-state index contributed by atoms with van der Waals surface area (Å²) in [5.41, 5.74) is -0.701. The number of hydrogen-bond acceptors (Lipinski definition) is 3. The van der Waals surface area contributed by atoms with Crippen LogP contribution in [0.1, 0.15) is 11.1 Å². The summed E-state index contributed by atoms with van der Waals surface area (Å²) < 4.78 is 61.3. The Kier molecular flexibility index (Phi) is 4.51. The highest BCUT2D eigenvalue weighted by molar-refractivity contribution is 7.89. The van der Waals surface area contributed by atoms with Gasteiger partial charge in [-0.1, -0.05) is 30.3 Å². The van der Waals surface area contributed by atoms with Gasteiger partial charge >= 0.3 is 6.18 Å². The minimum Gasteiger partial charge on any atom is -0.200 e. The van der Waals surface area contributed by atoms with Gasteiger partial charge in [0.05, 0.1) is 16.7 Å². The normalized spacial score (nSPS) is 12.5. The molecule has 4 nitrogen and oxygen atoms in total. The van der Waals surface area contributed by atoms with E-state index in [0.717, 1.165) is 18.3 Å². The molecule has 2 rings (SSSR count). The summed E-state index contributed by atoms with van der Waals surface area (Å²) in [5, 5.41) is 3.48. The standard InChI is InChI=1S/C14H11F3N2O2S/c15-14(16,17)12-6-4-5-11(9-12)10-18-19-22(20,21)13-7-2-1-3-8-13/h1-10,19H/b18-10-. The van der Waals surface area contributed by atoms with E-state index in [9.17, 15) is 21.6 Å². The molecular weight excluding hydrogens is 317 g/mol. The molecule has 1 N–H and O–H groups in total. The van der Waals surface area contributed by atoms with Gasteiger partial charge in [0.1, 0.15) is 0 Å². The fourth-order valence-corrected chi connectivity index (χ4v) is 2.43. The van der Waals surface area contributed by atoms with Gasteiger partial charge < -0.3 is 0 Å². The zero-order valence-corrected chi connectivity index (χ0v) is 11.9. The van der Waals surface area contributed by atoms with Crippen molar-refractivity contribution in [3.8, 4) is 0 Å². The Morgan fingerprint density at radius 3 is 2.32 bits per heavy atom. The van der Waals surface area contributed by atoms with Gasteiger partial charge in [0.15, 0.2) is 0 Å². The molecule has 0 aromatic heterocycles. The summed E-state index contributed by atoms with van der Waals surface area (Å²) in [4.78, 5) is 1.95. The average molecular weight is 328 g/mol. The maximum Gasteiger partial charge on any atom is 0.416 e. The van der Waals surface area contributed by atoms with E-state index in [1.807, 2.05) is 4.83 Å². The Bertz CT molecular complexity index is 772. The molecule has 0 saturated carbocycles. The van der Waals surface area contributed by atoms with Crippen molar-refractivity contribution < 1.29 is 21.6 Å². The highest BCUT2D eigenvalue weighted by Gasteiger charge is 2.30. The maximum absolute atomic E-state index is 12.5. The third-order valence-corrected chi connectivity index (χ3v) is 3.89. The van der Waals surface area contributed by atoms with Crippen molar-refractivity contribution in [3.63, 3.8) is 0 Å². The first kappa shape index (κ1) is 16.0. The summed E-state index contributed by atoms with van der Waals surface area (Å²) in [6.07, 6.45) is -3.46. The van der Waals surface area contributed by atoms with Crippen LogP contribution in [0.25, 0.3) is 0 Å². The molecule has 0 bridgehead atoms. The molecule has 0 aliphatic rings. The van der Waals surface area contributed by atoms with Gasteiger partial charge in [0, 0.05) is 0 Å². The number of hydrogen-bond donors (Lipinski definition) is 1. The van der Waals surface area contributed by atoms with Crippen LogP contribution in [0.15, 0.2) is 64.6 Å². The molecule has 22 heavy (non-hydrogen) atoms. The highest BCUT2D eigenvalue weighted by Crippen LogP contribution is 2.29. The lowest BCUT2D eigenvalue weighted by atomic mass is 10.1. The van der Waals surface area contributed by atoms with Crippen LogP contribution in [-0.4, -0.2) is 14.6 Å². The van der Waals surface area contributed by atoms with Gasteiger partial charge in [-0.05, 0) is 29.8 Å². The summed E-state index contributed by atoms with van der Waals surface area (Å²) in [6.45, 7) is 0. The topological polar surface area (TPSA) is 58.5 Å². The fraction of sp³-hybridized carbons (Fsp3) is 0.0714. The molecule has 0 amide bonds. The number of nitrogens with zero attached hydrogens (tertiary/aromatic N) is 1. The first-order chi connectivity index (χ1) is 10.3. The summed E-state index contributed by atoms with van der Waals surface area (Å²) >= 11 is 0. The molecule has 0 heterocycles.